The van der Waals surface area contributed by atoms with Crippen molar-refractivity contribution in [1.82, 2.24) is 16.0 Å². The summed E-state index contributed by atoms with van der Waals surface area (Å²) >= 11 is 4.65. The average molecular weight is 455 g/mol. The lowest BCUT2D eigenvalue weighted by atomic mass is 9.82. The van der Waals surface area contributed by atoms with Crippen LogP contribution in [0.1, 0.15) is 87.5 Å². The zero-order chi connectivity index (χ0) is 24.3. The van der Waals surface area contributed by atoms with Crippen LogP contribution in [0.4, 0.5) is 0 Å². The minimum absolute atomic E-state index is 0.0235. The standard InChI is InChI=1S/C22H42BN2O2S.C2H7N/c1-16(26)24-15-19(25-20(2,3)4)18-13-9-11-17(18)12-10-14-23-27-21(5,6)22(7,8)28;1-3-2/h15,17-18,25,28H,9-14H2,1-8H3,(H,24,26);3H,1-2H3/b19-15+;. The van der Waals surface area contributed by atoms with Crippen molar-refractivity contribution >= 4 is 26.0 Å². The summed E-state index contributed by atoms with van der Waals surface area (Å²) in [5.41, 5.74) is 0.852. The van der Waals surface area contributed by atoms with E-state index in [1.165, 1.54) is 31.4 Å². The molecule has 181 valence electrons. The first kappa shape index (κ1) is 30.3. The largest absolute Gasteiger partial charge is 0.434 e. The van der Waals surface area contributed by atoms with E-state index in [0.29, 0.717) is 11.8 Å². The predicted octanol–water partition coefficient (Wildman–Crippen LogP) is 4.93. The molecule has 1 fully saturated rings. The number of amides is 1. The lowest BCUT2D eigenvalue weighted by Gasteiger charge is -2.38. The molecule has 1 rings (SSSR count). The van der Waals surface area contributed by atoms with Crippen molar-refractivity contribution in [1.29, 1.82) is 0 Å². The summed E-state index contributed by atoms with van der Waals surface area (Å²) < 4.78 is 5.80. The van der Waals surface area contributed by atoms with Gasteiger partial charge >= 0.3 is 0 Å². The molecular formula is C24H49BN3O2S. The highest BCUT2D eigenvalue weighted by Crippen LogP contribution is 2.39. The molecule has 3 N–H and O–H groups in total. The second-order valence-corrected chi connectivity index (χ2v) is 11.9. The molecule has 1 aliphatic carbocycles. The highest BCUT2D eigenvalue weighted by atomic mass is 32.1. The number of nitrogens with one attached hydrogen (secondary N) is 3. The van der Waals surface area contributed by atoms with E-state index in [9.17, 15) is 4.79 Å². The number of carbonyl (C=O) groups excluding carboxylic acids is 1. The highest BCUT2D eigenvalue weighted by molar-refractivity contribution is 7.81. The summed E-state index contributed by atoms with van der Waals surface area (Å²) in [6, 6.07) is 0. The van der Waals surface area contributed by atoms with Crippen molar-refractivity contribution in [3.8, 4) is 0 Å². The van der Waals surface area contributed by atoms with Gasteiger partial charge in [-0.05, 0) is 81.3 Å². The summed E-state index contributed by atoms with van der Waals surface area (Å²) in [5, 5.41) is 9.25. The summed E-state index contributed by atoms with van der Waals surface area (Å²) in [5.74, 6) is 1.11. The number of rotatable bonds is 10. The Labute approximate surface area is 199 Å². The van der Waals surface area contributed by atoms with E-state index < -0.39 is 0 Å². The first-order chi connectivity index (χ1) is 14.1. The Morgan fingerprint density at radius 2 is 1.71 bits per heavy atom. The normalized spacial score (nSPS) is 20.0. The third kappa shape index (κ3) is 12.8. The lowest BCUT2D eigenvalue weighted by Crippen LogP contribution is -2.44. The van der Waals surface area contributed by atoms with Crippen molar-refractivity contribution in [3.05, 3.63) is 11.9 Å². The molecule has 0 bridgehead atoms. The zero-order valence-corrected chi connectivity index (χ0v) is 22.7. The summed E-state index contributed by atoms with van der Waals surface area (Å²) in [4.78, 5) is 11.4. The quantitative estimate of drug-likeness (QED) is 0.215. The third-order valence-electron chi connectivity index (χ3n) is 5.76. The molecule has 0 heterocycles. The van der Waals surface area contributed by atoms with Crippen LogP contribution in [0.3, 0.4) is 0 Å². The van der Waals surface area contributed by atoms with Crippen LogP contribution in [0.25, 0.3) is 0 Å². The molecule has 31 heavy (non-hydrogen) atoms. The molecule has 0 spiro atoms. The molecule has 0 aliphatic heterocycles. The number of allylic oxidation sites excluding steroid dienone is 1. The van der Waals surface area contributed by atoms with Gasteiger partial charge in [-0.1, -0.05) is 25.6 Å². The van der Waals surface area contributed by atoms with Gasteiger partial charge in [-0.15, -0.1) is 0 Å². The van der Waals surface area contributed by atoms with Crippen LogP contribution in [0.5, 0.6) is 0 Å². The number of hydrogen-bond acceptors (Lipinski definition) is 5. The number of hydrogen-bond donors (Lipinski definition) is 4. The van der Waals surface area contributed by atoms with Gasteiger partial charge in [0.25, 0.3) is 7.48 Å². The van der Waals surface area contributed by atoms with Gasteiger partial charge in [-0.2, -0.15) is 12.6 Å². The minimum atomic E-state index is -0.295. The van der Waals surface area contributed by atoms with Gasteiger partial charge in [0.15, 0.2) is 0 Å². The Kier molecular flexibility index (Phi) is 13.5. The molecular weight excluding hydrogens is 405 g/mol. The van der Waals surface area contributed by atoms with E-state index in [1.807, 2.05) is 27.8 Å². The Hall–Kier alpha value is -0.655. The van der Waals surface area contributed by atoms with E-state index >= 15 is 0 Å². The van der Waals surface area contributed by atoms with Gasteiger partial charge in [0.2, 0.25) is 5.91 Å². The molecule has 5 nitrogen and oxygen atoms in total. The molecule has 0 aromatic heterocycles. The van der Waals surface area contributed by atoms with Crippen LogP contribution in [0, 0.1) is 11.8 Å². The molecule has 1 radical (unpaired) electrons. The van der Waals surface area contributed by atoms with Crippen LogP contribution in [0.15, 0.2) is 11.9 Å². The Morgan fingerprint density at radius 3 is 2.19 bits per heavy atom. The highest BCUT2D eigenvalue weighted by Gasteiger charge is 2.34. The maximum absolute atomic E-state index is 11.4. The molecule has 0 aromatic carbocycles. The van der Waals surface area contributed by atoms with Gasteiger partial charge in [-0.3, -0.25) is 4.79 Å². The molecule has 2 unspecified atom stereocenters. The Bertz CT molecular complexity index is 554. The van der Waals surface area contributed by atoms with E-state index in [4.69, 9.17) is 4.65 Å². The zero-order valence-electron chi connectivity index (χ0n) is 21.8. The van der Waals surface area contributed by atoms with Crippen LogP contribution in [-0.4, -0.2) is 43.4 Å². The molecule has 0 saturated heterocycles. The SMILES string of the molecule is CC(=O)N/C=C(/NC(C)(C)C)C1CCCC1CCC[B]OC(C)(C)C(C)(C)S.CNC. The van der Waals surface area contributed by atoms with Crippen molar-refractivity contribution in [3.63, 3.8) is 0 Å². The smallest absolute Gasteiger partial charge is 0.293 e. The van der Waals surface area contributed by atoms with Gasteiger partial charge in [0, 0.05) is 35.0 Å². The Balaban J connectivity index is 0.00000282. The topological polar surface area (TPSA) is 62.4 Å². The second kappa shape index (κ2) is 13.8. The molecule has 1 amide bonds. The Morgan fingerprint density at radius 1 is 1.13 bits per heavy atom. The number of thiol groups is 1. The molecule has 7 heteroatoms. The fourth-order valence-corrected chi connectivity index (χ4v) is 3.57. The monoisotopic (exact) mass is 454 g/mol. The van der Waals surface area contributed by atoms with Gasteiger partial charge in [-0.25, -0.2) is 0 Å². The van der Waals surface area contributed by atoms with Crippen molar-refractivity contribution in [2.75, 3.05) is 14.1 Å². The van der Waals surface area contributed by atoms with E-state index in [1.54, 1.807) is 6.92 Å². The van der Waals surface area contributed by atoms with Gasteiger partial charge in [0.1, 0.15) is 0 Å². The molecule has 1 saturated carbocycles. The van der Waals surface area contributed by atoms with E-state index in [-0.39, 0.29) is 21.8 Å². The first-order valence-electron chi connectivity index (χ1n) is 11.7. The summed E-state index contributed by atoms with van der Waals surface area (Å²) in [6.07, 6.45) is 8.83. The molecule has 1 aliphatic rings. The van der Waals surface area contributed by atoms with Crippen LogP contribution >= 0.6 is 12.6 Å². The molecule has 0 aromatic rings. The minimum Gasteiger partial charge on any atom is -0.434 e. The van der Waals surface area contributed by atoms with Crippen molar-refractivity contribution in [2.24, 2.45) is 11.8 Å². The van der Waals surface area contributed by atoms with Crippen molar-refractivity contribution < 1.29 is 9.45 Å². The van der Waals surface area contributed by atoms with Crippen molar-refractivity contribution in [2.45, 2.75) is 110 Å². The van der Waals surface area contributed by atoms with E-state index in [0.717, 1.165) is 12.7 Å². The lowest BCUT2D eigenvalue weighted by molar-refractivity contribution is -0.118. The van der Waals surface area contributed by atoms with Crippen LogP contribution in [-0.2, 0) is 9.45 Å². The van der Waals surface area contributed by atoms with Gasteiger partial charge in [0.05, 0.1) is 5.60 Å². The third-order valence-corrected chi connectivity index (χ3v) is 6.30. The summed E-state index contributed by atoms with van der Waals surface area (Å²) in [7, 11) is 5.71. The average Bonchev–Trinajstić information content (AvgIpc) is 3.05. The maximum Gasteiger partial charge on any atom is 0.293 e. The molecule has 2 atom stereocenters. The fraction of sp³-hybridized carbons (Fsp3) is 0.875. The maximum atomic E-state index is 11.4. The van der Waals surface area contributed by atoms with Crippen LogP contribution < -0.4 is 16.0 Å². The number of carbonyl (C=O) groups is 1. The first-order valence-corrected chi connectivity index (χ1v) is 12.1. The second-order valence-electron chi connectivity index (χ2n) is 10.8. The summed E-state index contributed by atoms with van der Waals surface area (Å²) in [6.45, 7) is 16.4. The van der Waals surface area contributed by atoms with E-state index in [2.05, 4.69) is 77.0 Å². The fourth-order valence-electron chi connectivity index (χ4n) is 3.51. The van der Waals surface area contributed by atoms with Gasteiger partial charge < -0.3 is 20.6 Å². The predicted molar refractivity (Wildman–Crippen MR) is 139 cm³/mol. The van der Waals surface area contributed by atoms with Crippen LogP contribution in [0.2, 0.25) is 6.32 Å².